The number of nitrogens with one attached hydrogen (secondary N) is 1. The summed E-state index contributed by atoms with van der Waals surface area (Å²) >= 11 is 1.01. The van der Waals surface area contributed by atoms with E-state index in [0.29, 0.717) is 6.54 Å². The first-order valence-corrected chi connectivity index (χ1v) is 7.35. The number of carbonyl (C=O) groups is 2. The number of amides is 2. The summed E-state index contributed by atoms with van der Waals surface area (Å²) in [6.07, 6.45) is 0. The molecular weight excluding hydrogens is 344 g/mol. The normalized spacial score (nSPS) is 10.6. The smallest absolute Gasteiger partial charge is 0.283 e. The van der Waals surface area contributed by atoms with Gasteiger partial charge in [-0.3, -0.25) is 19.7 Å². The van der Waals surface area contributed by atoms with Crippen LogP contribution in [0.4, 0.5) is 5.69 Å². The lowest BCUT2D eigenvalue weighted by atomic mass is 10.1. The summed E-state index contributed by atoms with van der Waals surface area (Å²) in [5.74, 6) is -1.02. The lowest BCUT2D eigenvalue weighted by Gasteiger charge is -2.18. The van der Waals surface area contributed by atoms with E-state index in [-0.39, 0.29) is 40.2 Å². The Morgan fingerprint density at radius 1 is 1.39 bits per heavy atom. The van der Waals surface area contributed by atoms with Gasteiger partial charge in [0.2, 0.25) is 11.8 Å². The summed E-state index contributed by atoms with van der Waals surface area (Å²) in [7, 11) is 0. The lowest BCUT2D eigenvalue weighted by molar-refractivity contribution is -0.387. The van der Waals surface area contributed by atoms with Crippen LogP contribution in [0.25, 0.3) is 0 Å². The van der Waals surface area contributed by atoms with E-state index < -0.39 is 16.4 Å². The molecule has 0 aliphatic heterocycles. The first-order chi connectivity index (χ1) is 10.1. The summed E-state index contributed by atoms with van der Waals surface area (Å²) in [5.41, 5.74) is 10.1. The number of nitrogens with zero attached hydrogens (tertiary/aromatic N) is 1. The number of nitro groups is 1. The number of primary amides is 1. The summed E-state index contributed by atoms with van der Waals surface area (Å²) in [5, 5.41) is 13.7. The number of hydrogen-bond acceptors (Lipinski definition) is 6. The Morgan fingerprint density at radius 3 is 2.48 bits per heavy atom. The van der Waals surface area contributed by atoms with Gasteiger partial charge in [0, 0.05) is 23.7 Å². The zero-order chi connectivity index (χ0) is 16.9. The third-order valence-electron chi connectivity index (χ3n) is 2.54. The predicted molar refractivity (Wildman–Crippen MR) is 90.9 cm³/mol. The molecule has 23 heavy (non-hydrogen) atoms. The molecular formula is C13H19ClN4O4S. The zero-order valence-electron chi connectivity index (χ0n) is 12.7. The molecule has 0 saturated carbocycles. The van der Waals surface area contributed by atoms with Crippen LogP contribution in [0.15, 0.2) is 23.1 Å². The molecule has 8 nitrogen and oxygen atoms in total. The second kappa shape index (κ2) is 8.70. The van der Waals surface area contributed by atoms with E-state index in [2.05, 4.69) is 5.32 Å². The third kappa shape index (κ3) is 7.31. The van der Waals surface area contributed by atoms with Gasteiger partial charge in [-0.2, -0.15) is 0 Å². The Bertz CT molecular complexity index is 604. The maximum absolute atomic E-state index is 11.7. The average Bonchev–Trinajstić information content (AvgIpc) is 2.41. The number of rotatable bonds is 7. The van der Waals surface area contributed by atoms with Crippen LogP contribution < -0.4 is 16.8 Å². The lowest BCUT2D eigenvalue weighted by Crippen LogP contribution is -2.45. The Hall–Kier alpha value is -1.84. The molecule has 0 bridgehead atoms. The molecule has 0 atom stereocenters. The van der Waals surface area contributed by atoms with Crippen LogP contribution >= 0.6 is 24.2 Å². The molecule has 0 radical (unpaired) electrons. The molecule has 10 heteroatoms. The van der Waals surface area contributed by atoms with Gasteiger partial charge in [0.15, 0.2) is 0 Å². The van der Waals surface area contributed by atoms with Crippen LogP contribution in [0.3, 0.4) is 0 Å². The first-order valence-electron chi connectivity index (χ1n) is 6.37. The van der Waals surface area contributed by atoms with Crippen molar-refractivity contribution in [1.82, 2.24) is 5.32 Å². The fraction of sp³-hybridized carbons (Fsp3) is 0.385. The molecule has 0 aliphatic rings. The van der Waals surface area contributed by atoms with Gasteiger partial charge in [-0.25, -0.2) is 0 Å². The van der Waals surface area contributed by atoms with Gasteiger partial charge < -0.3 is 16.8 Å². The number of hydrogen-bond donors (Lipinski definition) is 3. The van der Waals surface area contributed by atoms with Crippen molar-refractivity contribution in [1.29, 1.82) is 0 Å². The molecule has 0 aromatic heterocycles. The highest BCUT2D eigenvalue weighted by Crippen LogP contribution is 2.29. The minimum absolute atomic E-state index is 0. The van der Waals surface area contributed by atoms with Crippen LogP contribution in [0, 0.1) is 10.1 Å². The van der Waals surface area contributed by atoms with Gasteiger partial charge in [0.1, 0.15) is 0 Å². The maximum atomic E-state index is 11.7. The molecule has 5 N–H and O–H groups in total. The van der Waals surface area contributed by atoms with Gasteiger partial charge in [-0.05, 0) is 26.0 Å². The molecule has 0 spiro atoms. The van der Waals surface area contributed by atoms with E-state index in [1.165, 1.54) is 12.1 Å². The number of thioether (sulfide) groups is 1. The van der Waals surface area contributed by atoms with Gasteiger partial charge >= 0.3 is 0 Å². The second-order valence-corrected chi connectivity index (χ2v) is 6.38. The number of nitrogens with two attached hydrogens (primary N) is 2. The maximum Gasteiger partial charge on any atom is 0.283 e. The number of nitro benzene ring substituents is 1. The molecule has 1 rings (SSSR count). The van der Waals surface area contributed by atoms with Gasteiger partial charge in [0.05, 0.1) is 15.6 Å². The van der Waals surface area contributed by atoms with Crippen molar-refractivity contribution in [2.24, 2.45) is 11.5 Å². The summed E-state index contributed by atoms with van der Waals surface area (Å²) in [6.45, 7) is 3.84. The predicted octanol–water partition coefficient (Wildman–Crippen LogP) is 1.06. The van der Waals surface area contributed by atoms with Crippen LogP contribution in [-0.2, 0) is 4.79 Å². The third-order valence-corrected chi connectivity index (χ3v) is 3.60. The number of carbonyl (C=O) groups excluding carboxylic acids is 2. The molecule has 128 valence electrons. The summed E-state index contributed by atoms with van der Waals surface area (Å²) < 4.78 is 0. The van der Waals surface area contributed by atoms with E-state index >= 15 is 0 Å². The van der Waals surface area contributed by atoms with Crippen molar-refractivity contribution in [3.63, 3.8) is 0 Å². The van der Waals surface area contributed by atoms with Crippen molar-refractivity contribution >= 4 is 41.7 Å². The monoisotopic (exact) mass is 362 g/mol. The Morgan fingerprint density at radius 2 is 2.00 bits per heavy atom. The van der Waals surface area contributed by atoms with Gasteiger partial charge in [-0.1, -0.05) is 0 Å². The molecule has 0 aliphatic carbocycles. The number of benzene rings is 1. The van der Waals surface area contributed by atoms with Crippen LogP contribution in [0.2, 0.25) is 0 Å². The van der Waals surface area contributed by atoms with Crippen LogP contribution in [0.5, 0.6) is 0 Å². The average molecular weight is 363 g/mol. The quantitative estimate of drug-likeness (QED) is 0.376. The van der Waals surface area contributed by atoms with Crippen molar-refractivity contribution < 1.29 is 14.5 Å². The van der Waals surface area contributed by atoms with Crippen molar-refractivity contribution in [3.05, 3.63) is 33.9 Å². The fourth-order valence-corrected chi connectivity index (χ4v) is 2.29. The van der Waals surface area contributed by atoms with Gasteiger partial charge in [-0.15, -0.1) is 24.2 Å². The van der Waals surface area contributed by atoms with E-state index in [1.807, 2.05) is 0 Å². The molecule has 0 heterocycles. The molecule has 1 aromatic carbocycles. The zero-order valence-corrected chi connectivity index (χ0v) is 14.3. The highest BCUT2D eigenvalue weighted by Gasteiger charge is 2.18. The van der Waals surface area contributed by atoms with Crippen molar-refractivity contribution in [2.75, 3.05) is 12.3 Å². The van der Waals surface area contributed by atoms with Crippen LogP contribution in [-0.4, -0.2) is 34.6 Å². The minimum atomic E-state index is -0.748. The SMILES string of the molecule is CC(C)(N)CNC(=O)CSc1ccc(C(N)=O)cc1[N+](=O)[O-].Cl. The van der Waals surface area contributed by atoms with Gasteiger partial charge in [0.25, 0.3) is 5.69 Å². The van der Waals surface area contributed by atoms with Crippen LogP contribution in [0.1, 0.15) is 24.2 Å². The molecule has 1 aromatic rings. The Balaban J connectivity index is 0.00000484. The Labute approximate surface area is 143 Å². The Kier molecular flexibility index (Phi) is 8.01. The molecule has 0 fully saturated rings. The molecule has 0 unspecified atom stereocenters. The molecule has 2 amide bonds. The van der Waals surface area contributed by atoms with E-state index in [1.54, 1.807) is 13.8 Å². The topological polar surface area (TPSA) is 141 Å². The minimum Gasteiger partial charge on any atom is -0.366 e. The standard InChI is InChI=1S/C13H18N4O4S.ClH/c1-13(2,15)7-16-11(18)6-22-10-4-3-8(12(14)19)5-9(10)17(20)21;/h3-5H,6-7,15H2,1-2H3,(H2,14,19)(H,16,18);1H. The van der Waals surface area contributed by atoms with E-state index in [0.717, 1.165) is 17.8 Å². The second-order valence-electron chi connectivity index (χ2n) is 5.36. The molecule has 0 saturated heterocycles. The number of halogens is 1. The fourth-order valence-electron chi connectivity index (χ4n) is 1.46. The highest BCUT2D eigenvalue weighted by atomic mass is 35.5. The van der Waals surface area contributed by atoms with Crippen molar-refractivity contribution in [2.45, 2.75) is 24.3 Å². The summed E-state index contributed by atoms with van der Waals surface area (Å²) in [6, 6.07) is 3.90. The van der Waals surface area contributed by atoms with E-state index in [4.69, 9.17) is 11.5 Å². The summed E-state index contributed by atoms with van der Waals surface area (Å²) in [4.78, 5) is 33.4. The first kappa shape index (κ1) is 21.2. The highest BCUT2D eigenvalue weighted by molar-refractivity contribution is 8.00. The van der Waals surface area contributed by atoms with Crippen molar-refractivity contribution in [3.8, 4) is 0 Å². The van der Waals surface area contributed by atoms with E-state index in [9.17, 15) is 19.7 Å². The largest absolute Gasteiger partial charge is 0.366 e.